The molecule has 6 aromatic heterocycles. The van der Waals surface area contributed by atoms with Gasteiger partial charge in [0.2, 0.25) is 0 Å². The molecule has 2 aliphatic rings. The van der Waals surface area contributed by atoms with Crippen LogP contribution in [0.5, 0.6) is 11.5 Å². The molecule has 0 spiro atoms. The molecule has 0 fully saturated rings. The van der Waals surface area contributed by atoms with Crippen molar-refractivity contribution < 1.29 is 4.74 Å². The van der Waals surface area contributed by atoms with Crippen LogP contribution in [-0.4, -0.2) is 44.9 Å². The first-order valence-corrected chi connectivity index (χ1v) is 25.4. The fourth-order valence-corrected chi connectivity index (χ4v) is 10.7. The predicted octanol–water partition coefficient (Wildman–Crippen LogP) is 15.4. The number of hydrogen-bond acceptors (Lipinski definition) is 13. The molecule has 0 radical (unpaired) electrons. The van der Waals surface area contributed by atoms with Crippen molar-refractivity contribution in [1.82, 2.24) is 44.9 Å². The Morgan fingerprint density at radius 2 is 0.763 bits per heavy atom. The number of benzene rings is 6. The van der Waals surface area contributed by atoms with E-state index in [0.717, 1.165) is 83.2 Å². The first-order chi connectivity index (χ1) is 37.6. The third kappa shape index (κ3) is 8.32. The van der Waals surface area contributed by atoms with Crippen molar-refractivity contribution in [3.63, 3.8) is 0 Å². The lowest BCUT2D eigenvalue weighted by atomic mass is 9.97. The van der Waals surface area contributed by atoms with E-state index in [1.165, 1.54) is 0 Å². The van der Waals surface area contributed by atoms with E-state index in [2.05, 4.69) is 117 Å². The summed E-state index contributed by atoms with van der Waals surface area (Å²) in [7, 11) is 0. The van der Waals surface area contributed by atoms with Crippen LogP contribution in [0.3, 0.4) is 0 Å². The van der Waals surface area contributed by atoms with Crippen LogP contribution < -0.4 is 14.5 Å². The molecule has 13 heteroatoms. The summed E-state index contributed by atoms with van der Waals surface area (Å²) in [6, 6.07) is 69.5. The Kier molecular flexibility index (Phi) is 11.1. The lowest BCUT2D eigenvalue weighted by Gasteiger charge is -2.34. The first kappa shape index (κ1) is 44.5. The lowest BCUT2D eigenvalue weighted by molar-refractivity contribution is 0.477. The number of aromatic nitrogens is 9. The number of pyridine rings is 4. The zero-order chi connectivity index (χ0) is 50.4. The topological polar surface area (TPSA) is 132 Å². The average molecular weight is 998 g/mol. The smallest absolute Gasteiger partial charge is 0.182 e. The summed E-state index contributed by atoms with van der Waals surface area (Å²) in [6.07, 6.45) is 8.80. The van der Waals surface area contributed by atoms with E-state index in [-0.39, 0.29) is 0 Å². The third-order valence-electron chi connectivity index (χ3n) is 13.1. The van der Waals surface area contributed by atoms with Gasteiger partial charge in [-0.25, -0.2) is 24.9 Å². The van der Waals surface area contributed by atoms with E-state index >= 15 is 0 Å². The molecule has 12 aromatic rings. The fraction of sp³-hybridized carbons (Fsp3) is 0. The van der Waals surface area contributed by atoms with Gasteiger partial charge in [0, 0.05) is 68.8 Å². The van der Waals surface area contributed by atoms with Crippen molar-refractivity contribution in [1.29, 1.82) is 0 Å². The van der Waals surface area contributed by atoms with Gasteiger partial charge in [0.1, 0.15) is 5.69 Å². The molecule has 2 aliphatic heterocycles. The quantitative estimate of drug-likeness (QED) is 0.136. The van der Waals surface area contributed by atoms with Crippen molar-refractivity contribution in [2.24, 2.45) is 0 Å². The summed E-state index contributed by atoms with van der Waals surface area (Å²) in [6.45, 7) is 0. The zero-order valence-corrected chi connectivity index (χ0v) is 41.1. The summed E-state index contributed by atoms with van der Waals surface area (Å²) in [5.41, 5.74) is 13.0. The lowest BCUT2D eigenvalue weighted by Crippen LogP contribution is -2.16. The van der Waals surface area contributed by atoms with Gasteiger partial charge in [-0.05, 0) is 151 Å². The summed E-state index contributed by atoms with van der Waals surface area (Å²) in [5, 5.41) is 0. The molecule has 0 saturated heterocycles. The van der Waals surface area contributed by atoms with E-state index in [4.69, 9.17) is 39.6 Å². The van der Waals surface area contributed by atoms with E-state index < -0.39 is 0 Å². The second kappa shape index (κ2) is 19.0. The van der Waals surface area contributed by atoms with Gasteiger partial charge in [0.05, 0.1) is 45.5 Å². The SMILES string of the molecule is c1ccc(-c2cc(-c3ccccn3)nc(-c3cc(-c4cc(-c5nc(-c6cccnc6)nc(-c6ccccn6)n5)cc(N5c6ccccc6Sc6ccccc65)c4)cc(N4c5ccccc5Oc5ccccc54)c3)n2)nc1. The number of ether oxygens (including phenoxy) is 1. The summed E-state index contributed by atoms with van der Waals surface area (Å²) < 4.78 is 6.56. The first-order valence-electron chi connectivity index (χ1n) is 24.6. The van der Waals surface area contributed by atoms with Crippen molar-refractivity contribution in [3.05, 3.63) is 237 Å². The molecular formula is C63H39N11OS. The van der Waals surface area contributed by atoms with Crippen molar-refractivity contribution in [2.75, 3.05) is 9.80 Å². The minimum Gasteiger partial charge on any atom is -0.453 e. The van der Waals surface area contributed by atoms with E-state index in [1.807, 2.05) is 109 Å². The maximum Gasteiger partial charge on any atom is 0.182 e. The van der Waals surface area contributed by atoms with Gasteiger partial charge < -0.3 is 14.5 Å². The van der Waals surface area contributed by atoms with E-state index in [9.17, 15) is 0 Å². The van der Waals surface area contributed by atoms with E-state index in [1.54, 1.807) is 42.7 Å². The average Bonchev–Trinajstić information content (AvgIpc) is 3.55. The van der Waals surface area contributed by atoms with Gasteiger partial charge in [-0.1, -0.05) is 78.5 Å². The van der Waals surface area contributed by atoms with Gasteiger partial charge in [-0.3, -0.25) is 19.9 Å². The maximum absolute atomic E-state index is 6.56. The Bertz CT molecular complexity index is 3680. The van der Waals surface area contributed by atoms with Crippen LogP contribution in [0.15, 0.2) is 247 Å². The molecule has 0 bridgehead atoms. The standard InChI is InChI=1S/C63H39N11OS/c1-5-24-56-52(20-1)73(53-21-2-6-25-57(53)75-56)45-34-41(32-43(36-45)61-68-50(47-17-9-12-29-65-47)38-51(69-61)48-18-10-13-30-66-48)42-33-44(37-46(35-42)74-54-22-3-7-26-58(54)76-59-27-8-4-23-55(59)74)62-70-60(40-16-15-28-64-39-40)71-63(72-62)49-19-11-14-31-67-49/h1-39H. The Hall–Kier alpha value is -10.2. The minimum atomic E-state index is 0.434. The van der Waals surface area contributed by atoms with Crippen LogP contribution >= 0.6 is 11.8 Å². The Labute approximate surface area is 441 Å². The van der Waals surface area contributed by atoms with Gasteiger partial charge in [-0.2, -0.15) is 0 Å². The van der Waals surface area contributed by atoms with Crippen molar-refractivity contribution in [3.8, 4) is 91.1 Å². The number of rotatable bonds is 9. The van der Waals surface area contributed by atoms with Crippen LogP contribution in [0, 0.1) is 0 Å². The van der Waals surface area contributed by atoms with Crippen LogP contribution in [0.4, 0.5) is 34.1 Å². The third-order valence-corrected chi connectivity index (χ3v) is 14.2. The highest BCUT2D eigenvalue weighted by atomic mass is 32.2. The Morgan fingerprint density at radius 3 is 1.29 bits per heavy atom. The number of para-hydroxylation sites is 6. The van der Waals surface area contributed by atoms with Crippen molar-refractivity contribution in [2.45, 2.75) is 9.79 Å². The van der Waals surface area contributed by atoms with Crippen LogP contribution in [0.25, 0.3) is 79.6 Å². The van der Waals surface area contributed by atoms with Gasteiger partial charge in [0.25, 0.3) is 0 Å². The molecule has 6 aromatic carbocycles. The molecule has 0 aliphatic carbocycles. The largest absolute Gasteiger partial charge is 0.453 e. The summed E-state index contributed by atoms with van der Waals surface area (Å²) in [5.74, 6) is 3.32. The monoisotopic (exact) mass is 997 g/mol. The van der Waals surface area contributed by atoms with Gasteiger partial charge >= 0.3 is 0 Å². The molecule has 76 heavy (non-hydrogen) atoms. The highest BCUT2D eigenvalue weighted by Gasteiger charge is 2.29. The number of fused-ring (bicyclic) bond motifs is 4. The highest BCUT2D eigenvalue weighted by molar-refractivity contribution is 7.99. The molecule has 8 heterocycles. The van der Waals surface area contributed by atoms with E-state index in [0.29, 0.717) is 51.8 Å². The van der Waals surface area contributed by atoms with Crippen molar-refractivity contribution >= 4 is 45.9 Å². The summed E-state index contributed by atoms with van der Waals surface area (Å²) >= 11 is 1.76. The van der Waals surface area contributed by atoms with Crippen LogP contribution in [0.1, 0.15) is 0 Å². The molecule has 0 atom stereocenters. The number of anilines is 6. The second-order valence-corrected chi connectivity index (χ2v) is 19.0. The predicted molar refractivity (Wildman–Crippen MR) is 298 cm³/mol. The van der Waals surface area contributed by atoms with Crippen LogP contribution in [0.2, 0.25) is 0 Å². The van der Waals surface area contributed by atoms with Gasteiger partial charge in [0.15, 0.2) is 34.8 Å². The normalized spacial score (nSPS) is 12.2. The zero-order valence-electron chi connectivity index (χ0n) is 40.3. The molecule has 14 rings (SSSR count). The molecule has 0 saturated carbocycles. The molecule has 12 nitrogen and oxygen atoms in total. The minimum absolute atomic E-state index is 0.434. The van der Waals surface area contributed by atoms with Crippen LogP contribution in [-0.2, 0) is 0 Å². The molecular weight excluding hydrogens is 959 g/mol. The number of nitrogens with zero attached hydrogens (tertiary/aromatic N) is 11. The van der Waals surface area contributed by atoms with Gasteiger partial charge in [-0.15, -0.1) is 0 Å². The maximum atomic E-state index is 6.56. The Balaban J connectivity index is 1.05. The number of hydrogen-bond donors (Lipinski definition) is 0. The molecule has 358 valence electrons. The highest BCUT2D eigenvalue weighted by Crippen LogP contribution is 2.54. The fourth-order valence-electron chi connectivity index (χ4n) is 9.64. The molecule has 0 unspecified atom stereocenters. The molecule has 0 N–H and O–H groups in total. The summed E-state index contributed by atoms with van der Waals surface area (Å²) in [4.78, 5) is 51.4. The second-order valence-electron chi connectivity index (χ2n) is 17.9. The molecule has 0 amide bonds. The Morgan fingerprint density at radius 1 is 0.316 bits per heavy atom.